The van der Waals surface area contributed by atoms with Crippen molar-refractivity contribution in [2.24, 2.45) is 17.3 Å². The molecule has 2 amide bonds. The first-order valence-corrected chi connectivity index (χ1v) is 17.3. The number of carbonyl (C=O) groups is 2. The molecule has 238 valence electrons. The lowest BCUT2D eigenvalue weighted by molar-refractivity contribution is -0.135. The molecule has 6 atom stereocenters. The zero-order valence-electron chi connectivity index (χ0n) is 26.8. The van der Waals surface area contributed by atoms with Crippen LogP contribution in [0.5, 0.6) is 0 Å². The molecule has 8 rings (SSSR count). The summed E-state index contributed by atoms with van der Waals surface area (Å²) in [6.07, 6.45) is 13.5. The van der Waals surface area contributed by atoms with Crippen LogP contribution >= 0.6 is 0 Å². The number of terminal acetylenes is 1. The first-order valence-electron chi connectivity index (χ1n) is 17.3. The van der Waals surface area contributed by atoms with Gasteiger partial charge in [0.15, 0.2) is 0 Å². The maximum Gasteiger partial charge on any atom is 0.273 e. The number of fused-ring (bicyclic) bond motifs is 6. The van der Waals surface area contributed by atoms with Gasteiger partial charge in [-0.1, -0.05) is 43.2 Å². The average molecular weight is 617 g/mol. The Balaban J connectivity index is 0.937. The van der Waals surface area contributed by atoms with Crippen molar-refractivity contribution in [2.75, 3.05) is 37.6 Å². The van der Waals surface area contributed by atoms with Crippen molar-refractivity contribution in [1.29, 1.82) is 0 Å². The van der Waals surface area contributed by atoms with Crippen LogP contribution in [-0.4, -0.2) is 76.1 Å². The van der Waals surface area contributed by atoms with Crippen LogP contribution in [0, 0.1) is 29.6 Å². The molecule has 1 aromatic heterocycles. The lowest BCUT2D eigenvalue weighted by Gasteiger charge is -2.52. The SMILES string of the molecule is C#C[C@]1(O)CC[C@H]2[C@@H]3CCc4ccc(N5CCN(C(=O)[C@@H]6CCCN6C(=O)c6ccc7ccccc7n6)CC5)cc4[C@H]3CC[C@@]21C. The van der Waals surface area contributed by atoms with Gasteiger partial charge in [0.2, 0.25) is 5.91 Å². The standard InChI is InChI=1S/C39H44N4O3/c1-3-39(46)19-17-32-30-14-11-26-10-13-28(25-31(26)29(30)16-18-38(32,39)2)41-21-23-42(24-22-41)37(45)35-9-6-20-43(35)36(44)34-15-12-27-7-4-5-8-33(27)40-34/h1,4-5,7-8,10,12-13,15,25,29-30,32,35,46H,6,9,11,14,16-24H2,2H3/t29-,30+,32-,35-,38-,39-/m0/s1. The van der Waals surface area contributed by atoms with E-state index in [1.165, 1.54) is 23.2 Å². The summed E-state index contributed by atoms with van der Waals surface area (Å²) in [5.74, 6) is 4.26. The number of nitrogens with zero attached hydrogens (tertiary/aromatic N) is 4. The van der Waals surface area contributed by atoms with Gasteiger partial charge in [-0.3, -0.25) is 9.59 Å². The van der Waals surface area contributed by atoms with Crippen LogP contribution in [0.3, 0.4) is 0 Å². The minimum atomic E-state index is -0.974. The summed E-state index contributed by atoms with van der Waals surface area (Å²) in [5.41, 5.74) is 4.24. The number of piperazine rings is 1. The van der Waals surface area contributed by atoms with E-state index in [2.05, 4.69) is 40.9 Å². The third-order valence-electron chi connectivity index (χ3n) is 12.7. The minimum absolute atomic E-state index is 0.0633. The Bertz CT molecular complexity index is 1740. The molecule has 2 aromatic carbocycles. The number of benzene rings is 2. The van der Waals surface area contributed by atoms with Crippen molar-refractivity contribution in [3.05, 3.63) is 71.4 Å². The molecule has 46 heavy (non-hydrogen) atoms. The molecule has 3 aromatic rings. The van der Waals surface area contributed by atoms with E-state index < -0.39 is 11.6 Å². The molecule has 2 saturated heterocycles. The van der Waals surface area contributed by atoms with Crippen molar-refractivity contribution in [1.82, 2.24) is 14.8 Å². The van der Waals surface area contributed by atoms with Crippen LogP contribution in [0.1, 0.15) is 79.4 Å². The van der Waals surface area contributed by atoms with Crippen molar-refractivity contribution in [3.8, 4) is 12.3 Å². The number of likely N-dealkylation sites (tertiary alicyclic amines) is 1. The Labute approximate surface area is 272 Å². The van der Waals surface area contributed by atoms with Gasteiger partial charge in [-0.25, -0.2) is 4.98 Å². The number of rotatable bonds is 3. The lowest BCUT2D eigenvalue weighted by atomic mass is 9.53. The van der Waals surface area contributed by atoms with E-state index in [1.807, 2.05) is 35.2 Å². The number of para-hydroxylation sites is 1. The van der Waals surface area contributed by atoms with Crippen LogP contribution in [0.25, 0.3) is 10.9 Å². The molecule has 3 aliphatic carbocycles. The number of carbonyl (C=O) groups excluding carboxylic acids is 2. The fourth-order valence-corrected chi connectivity index (χ4v) is 10.00. The molecule has 7 nitrogen and oxygen atoms in total. The predicted molar refractivity (Wildman–Crippen MR) is 179 cm³/mol. The van der Waals surface area contributed by atoms with E-state index in [-0.39, 0.29) is 17.2 Å². The highest BCUT2D eigenvalue weighted by molar-refractivity contribution is 5.98. The Morgan fingerprint density at radius 2 is 1.78 bits per heavy atom. The second-order valence-electron chi connectivity index (χ2n) is 14.7. The molecule has 4 fully saturated rings. The number of aryl methyl sites for hydroxylation is 1. The van der Waals surface area contributed by atoms with Gasteiger partial charge in [0.05, 0.1) is 5.52 Å². The van der Waals surface area contributed by atoms with Gasteiger partial charge in [0.25, 0.3) is 5.91 Å². The monoisotopic (exact) mass is 616 g/mol. The Hall–Kier alpha value is -3.89. The minimum Gasteiger partial charge on any atom is -0.377 e. The first kappa shape index (κ1) is 29.5. The van der Waals surface area contributed by atoms with E-state index in [0.717, 1.165) is 62.5 Å². The van der Waals surface area contributed by atoms with Crippen molar-refractivity contribution in [2.45, 2.75) is 75.9 Å². The number of anilines is 1. The summed E-state index contributed by atoms with van der Waals surface area (Å²) in [6, 6.07) is 18.1. The maximum atomic E-state index is 13.8. The molecule has 2 aliphatic heterocycles. The van der Waals surface area contributed by atoms with E-state index in [0.29, 0.717) is 49.5 Å². The van der Waals surface area contributed by atoms with Crippen LogP contribution in [0.15, 0.2) is 54.6 Å². The summed E-state index contributed by atoms with van der Waals surface area (Å²) in [6.45, 7) is 5.69. The van der Waals surface area contributed by atoms with Gasteiger partial charge >= 0.3 is 0 Å². The summed E-state index contributed by atoms with van der Waals surface area (Å²) in [7, 11) is 0. The second-order valence-corrected chi connectivity index (χ2v) is 14.7. The van der Waals surface area contributed by atoms with Crippen LogP contribution < -0.4 is 4.90 Å². The third kappa shape index (κ3) is 4.55. The molecule has 7 heteroatoms. The van der Waals surface area contributed by atoms with Crippen molar-refractivity contribution < 1.29 is 14.7 Å². The predicted octanol–water partition coefficient (Wildman–Crippen LogP) is 5.41. The molecule has 1 N–H and O–H groups in total. The molecule has 0 unspecified atom stereocenters. The summed E-state index contributed by atoms with van der Waals surface area (Å²) >= 11 is 0. The van der Waals surface area contributed by atoms with Gasteiger partial charge in [0, 0.05) is 49.2 Å². The van der Waals surface area contributed by atoms with Crippen molar-refractivity contribution >= 4 is 28.4 Å². The third-order valence-corrected chi connectivity index (χ3v) is 12.7. The maximum absolute atomic E-state index is 13.8. The molecule has 0 radical (unpaired) electrons. The molecule has 2 saturated carbocycles. The fraction of sp³-hybridized carbons (Fsp3) is 0.513. The molecular weight excluding hydrogens is 572 g/mol. The molecule has 5 aliphatic rings. The van der Waals surface area contributed by atoms with Gasteiger partial charge < -0.3 is 19.8 Å². The number of aliphatic hydroxyl groups is 1. The van der Waals surface area contributed by atoms with Crippen LogP contribution in [-0.2, 0) is 11.2 Å². The number of pyridine rings is 1. The Morgan fingerprint density at radius 3 is 2.61 bits per heavy atom. The quantitative estimate of drug-likeness (QED) is 0.399. The molecule has 0 spiro atoms. The van der Waals surface area contributed by atoms with Gasteiger partial charge in [-0.15, -0.1) is 6.42 Å². The fourth-order valence-electron chi connectivity index (χ4n) is 10.00. The largest absolute Gasteiger partial charge is 0.377 e. The lowest BCUT2D eigenvalue weighted by Crippen LogP contribution is -2.54. The highest BCUT2D eigenvalue weighted by Crippen LogP contribution is 2.64. The van der Waals surface area contributed by atoms with Crippen LogP contribution in [0.4, 0.5) is 5.69 Å². The zero-order valence-corrected chi connectivity index (χ0v) is 26.8. The van der Waals surface area contributed by atoms with Crippen LogP contribution in [0.2, 0.25) is 0 Å². The molecule has 0 bridgehead atoms. The Kier molecular flexibility index (Phi) is 7.14. The summed E-state index contributed by atoms with van der Waals surface area (Å²) < 4.78 is 0. The number of hydrogen-bond donors (Lipinski definition) is 1. The number of amides is 2. The van der Waals surface area contributed by atoms with E-state index in [4.69, 9.17) is 6.42 Å². The summed E-state index contributed by atoms with van der Waals surface area (Å²) in [5, 5.41) is 12.3. The average Bonchev–Trinajstić information content (AvgIpc) is 3.70. The highest BCUT2D eigenvalue weighted by Gasteiger charge is 2.61. The first-order chi connectivity index (χ1) is 22.3. The molecule has 3 heterocycles. The van der Waals surface area contributed by atoms with Crippen molar-refractivity contribution in [3.63, 3.8) is 0 Å². The molecular formula is C39H44N4O3. The van der Waals surface area contributed by atoms with Gasteiger partial charge in [-0.05, 0) is 105 Å². The number of aromatic nitrogens is 1. The summed E-state index contributed by atoms with van der Waals surface area (Å²) in [4.78, 5) is 38.1. The van der Waals surface area contributed by atoms with E-state index in [9.17, 15) is 14.7 Å². The topological polar surface area (TPSA) is 77.0 Å². The van der Waals surface area contributed by atoms with E-state index >= 15 is 0 Å². The zero-order chi connectivity index (χ0) is 31.6. The smallest absolute Gasteiger partial charge is 0.273 e. The van der Waals surface area contributed by atoms with Gasteiger partial charge in [0.1, 0.15) is 17.3 Å². The van der Waals surface area contributed by atoms with E-state index in [1.54, 1.807) is 11.0 Å². The second kappa shape index (κ2) is 11.1. The highest BCUT2D eigenvalue weighted by atomic mass is 16.3. The number of hydrogen-bond acceptors (Lipinski definition) is 5. The Morgan fingerprint density at radius 1 is 0.957 bits per heavy atom. The normalized spacial score (nSPS) is 32.1. The van der Waals surface area contributed by atoms with Gasteiger partial charge in [-0.2, -0.15) is 0 Å².